The van der Waals surface area contributed by atoms with Crippen molar-refractivity contribution in [3.8, 4) is 0 Å². The maximum absolute atomic E-state index is 13.8. The van der Waals surface area contributed by atoms with E-state index in [1.807, 2.05) is 0 Å². The number of halogens is 3. The van der Waals surface area contributed by atoms with E-state index in [0.29, 0.717) is 11.6 Å². The van der Waals surface area contributed by atoms with Gasteiger partial charge in [-0.3, -0.25) is 4.79 Å². The molecular weight excluding hydrogens is 449 g/mol. The van der Waals surface area contributed by atoms with E-state index in [0.717, 1.165) is 50.5 Å². The van der Waals surface area contributed by atoms with Crippen LogP contribution in [0.25, 0.3) is 0 Å². The zero-order valence-electron chi connectivity index (χ0n) is 16.9. The summed E-state index contributed by atoms with van der Waals surface area (Å²) in [6.45, 7) is 0. The smallest absolute Gasteiger partial charge is 0.301 e. The molecule has 31 heavy (non-hydrogen) atoms. The molecule has 0 bridgehead atoms. The van der Waals surface area contributed by atoms with Crippen molar-refractivity contribution < 1.29 is 26.4 Å². The van der Waals surface area contributed by atoms with Gasteiger partial charge < -0.3 is 5.32 Å². The van der Waals surface area contributed by atoms with Gasteiger partial charge in [0.2, 0.25) is 5.91 Å². The Hall–Kier alpha value is -1.94. The number of thiazole rings is 1. The second-order valence-corrected chi connectivity index (χ2v) is 11.3. The number of sulfone groups is 1. The predicted octanol–water partition coefficient (Wildman–Crippen LogP) is 5.04. The number of nitrogens with one attached hydrogen (secondary N) is 1. The van der Waals surface area contributed by atoms with Crippen molar-refractivity contribution in [3.05, 3.63) is 40.9 Å². The average Bonchev–Trinajstić information content (AvgIpc) is 3.28. The van der Waals surface area contributed by atoms with Gasteiger partial charge in [-0.05, 0) is 36.0 Å². The third kappa shape index (κ3) is 4.24. The maximum atomic E-state index is 13.8. The van der Waals surface area contributed by atoms with Crippen LogP contribution in [0.2, 0.25) is 0 Å². The number of anilines is 1. The minimum atomic E-state index is -4.85. The third-order valence-corrected chi connectivity index (χ3v) is 8.33. The van der Waals surface area contributed by atoms with Gasteiger partial charge in [0.1, 0.15) is 0 Å². The lowest BCUT2D eigenvalue weighted by Crippen LogP contribution is -2.32. The fourth-order valence-electron chi connectivity index (χ4n) is 4.96. The molecule has 2 aliphatic carbocycles. The van der Waals surface area contributed by atoms with Gasteiger partial charge in [0.05, 0.1) is 15.9 Å². The lowest BCUT2D eigenvalue weighted by atomic mass is 9.80. The lowest BCUT2D eigenvalue weighted by molar-refractivity contribution is -0.140. The SMILES string of the molecule is CS(=O)(=O)c1ccc([C@@]2(C(=O)Nc3nccs3)C[C@H]2C2CCCCC2)cc1C(F)(F)F. The van der Waals surface area contributed by atoms with Crippen LogP contribution in [0.4, 0.5) is 18.3 Å². The molecule has 10 heteroatoms. The Morgan fingerprint density at radius 3 is 2.52 bits per heavy atom. The van der Waals surface area contributed by atoms with Gasteiger partial charge in [0, 0.05) is 17.8 Å². The molecule has 0 saturated heterocycles. The van der Waals surface area contributed by atoms with Crippen molar-refractivity contribution in [1.29, 1.82) is 0 Å². The quantitative estimate of drug-likeness (QED) is 0.661. The Kier molecular flexibility index (Phi) is 5.66. The summed E-state index contributed by atoms with van der Waals surface area (Å²) in [6, 6.07) is 3.22. The lowest BCUT2D eigenvalue weighted by Gasteiger charge is -2.26. The van der Waals surface area contributed by atoms with Gasteiger partial charge >= 0.3 is 6.18 Å². The number of hydrogen-bond donors (Lipinski definition) is 1. The number of benzene rings is 1. The Labute approximate surface area is 183 Å². The molecule has 0 unspecified atom stereocenters. The van der Waals surface area contributed by atoms with Crippen LogP contribution in [0.1, 0.15) is 49.7 Å². The first-order valence-electron chi connectivity index (χ1n) is 10.2. The average molecular weight is 473 g/mol. The number of alkyl halides is 3. The van der Waals surface area contributed by atoms with Crippen molar-refractivity contribution in [1.82, 2.24) is 4.98 Å². The van der Waals surface area contributed by atoms with Crippen molar-refractivity contribution in [2.75, 3.05) is 11.6 Å². The van der Waals surface area contributed by atoms with Crippen LogP contribution < -0.4 is 5.32 Å². The summed E-state index contributed by atoms with van der Waals surface area (Å²) in [4.78, 5) is 16.6. The number of aromatic nitrogens is 1. The van der Waals surface area contributed by atoms with Gasteiger partial charge in [-0.15, -0.1) is 11.3 Å². The Morgan fingerprint density at radius 1 is 1.23 bits per heavy atom. The van der Waals surface area contributed by atoms with Crippen LogP contribution >= 0.6 is 11.3 Å². The van der Waals surface area contributed by atoms with E-state index in [1.165, 1.54) is 17.4 Å². The Bertz CT molecular complexity index is 1080. The highest BCUT2D eigenvalue weighted by molar-refractivity contribution is 7.90. The first-order valence-corrected chi connectivity index (χ1v) is 12.9. The van der Waals surface area contributed by atoms with Gasteiger partial charge in [0.15, 0.2) is 15.0 Å². The molecule has 4 rings (SSSR count). The fourth-order valence-corrected chi connectivity index (χ4v) is 6.38. The summed E-state index contributed by atoms with van der Waals surface area (Å²) in [5.41, 5.74) is -2.11. The normalized spacial score (nSPS) is 24.7. The van der Waals surface area contributed by atoms with E-state index >= 15 is 0 Å². The Morgan fingerprint density at radius 2 is 1.94 bits per heavy atom. The summed E-state index contributed by atoms with van der Waals surface area (Å²) in [5, 5.41) is 4.86. The van der Waals surface area contributed by atoms with Crippen molar-refractivity contribution in [2.45, 2.75) is 55.0 Å². The van der Waals surface area contributed by atoms with Crippen molar-refractivity contribution in [2.24, 2.45) is 11.8 Å². The van der Waals surface area contributed by atoms with Crippen molar-refractivity contribution >= 4 is 32.2 Å². The molecule has 0 spiro atoms. The van der Waals surface area contributed by atoms with Crippen LogP contribution in [-0.2, 0) is 26.2 Å². The van der Waals surface area contributed by atoms with E-state index in [9.17, 15) is 26.4 Å². The van der Waals surface area contributed by atoms with Gasteiger partial charge in [-0.25, -0.2) is 13.4 Å². The van der Waals surface area contributed by atoms with E-state index in [-0.39, 0.29) is 23.3 Å². The molecule has 2 aliphatic rings. The van der Waals surface area contributed by atoms with Crippen LogP contribution in [0.15, 0.2) is 34.7 Å². The van der Waals surface area contributed by atoms with Crippen LogP contribution in [0.5, 0.6) is 0 Å². The summed E-state index contributed by atoms with van der Waals surface area (Å²) in [6.07, 6.45) is 3.02. The molecular formula is C21H23F3N2O3S2. The molecule has 1 N–H and O–H groups in total. The van der Waals surface area contributed by atoms with E-state index in [1.54, 1.807) is 11.6 Å². The molecule has 1 aromatic heterocycles. The molecule has 168 valence electrons. The summed E-state index contributed by atoms with van der Waals surface area (Å²) in [7, 11) is -4.08. The number of hydrogen-bond acceptors (Lipinski definition) is 5. The van der Waals surface area contributed by atoms with Crippen LogP contribution in [0.3, 0.4) is 0 Å². The van der Waals surface area contributed by atoms with Gasteiger partial charge in [-0.2, -0.15) is 13.2 Å². The summed E-state index contributed by atoms with van der Waals surface area (Å²) < 4.78 is 65.2. The van der Waals surface area contributed by atoms with Crippen molar-refractivity contribution in [3.63, 3.8) is 0 Å². The first kappa shape index (κ1) is 22.3. The number of carbonyl (C=O) groups excluding carboxylic acids is 1. The first-order chi connectivity index (χ1) is 14.5. The molecule has 2 atom stereocenters. The monoisotopic (exact) mass is 472 g/mol. The van der Waals surface area contributed by atoms with Crippen LogP contribution in [-0.4, -0.2) is 25.6 Å². The van der Waals surface area contributed by atoms with Gasteiger partial charge in [-0.1, -0.05) is 38.2 Å². The number of rotatable bonds is 5. The van der Waals surface area contributed by atoms with Gasteiger partial charge in [0.25, 0.3) is 0 Å². The number of carbonyl (C=O) groups is 1. The van der Waals surface area contributed by atoms with E-state index < -0.39 is 31.9 Å². The molecule has 0 aliphatic heterocycles. The summed E-state index contributed by atoms with van der Waals surface area (Å²) in [5.74, 6) is -0.184. The molecule has 1 heterocycles. The number of nitrogens with zero attached hydrogens (tertiary/aromatic N) is 1. The highest BCUT2D eigenvalue weighted by Gasteiger charge is 2.63. The summed E-state index contributed by atoms with van der Waals surface area (Å²) >= 11 is 1.24. The maximum Gasteiger partial charge on any atom is 0.417 e. The third-order valence-electron chi connectivity index (χ3n) is 6.49. The highest BCUT2D eigenvalue weighted by Crippen LogP contribution is 2.61. The van der Waals surface area contributed by atoms with E-state index in [4.69, 9.17) is 0 Å². The second kappa shape index (κ2) is 7.88. The molecule has 5 nitrogen and oxygen atoms in total. The molecule has 1 aromatic carbocycles. The molecule has 0 radical (unpaired) electrons. The minimum Gasteiger partial charge on any atom is -0.301 e. The molecule has 1 amide bonds. The Balaban J connectivity index is 1.78. The number of amides is 1. The topological polar surface area (TPSA) is 76.1 Å². The fraction of sp³-hybridized carbons (Fsp3) is 0.524. The van der Waals surface area contributed by atoms with Crippen LogP contribution in [0, 0.1) is 11.8 Å². The predicted molar refractivity (Wildman–Crippen MR) is 112 cm³/mol. The zero-order chi connectivity index (χ0) is 22.4. The largest absolute Gasteiger partial charge is 0.417 e. The minimum absolute atomic E-state index is 0.0714. The second-order valence-electron chi connectivity index (χ2n) is 8.45. The van der Waals surface area contributed by atoms with E-state index in [2.05, 4.69) is 10.3 Å². The standard InChI is InChI=1S/C21H23F3N2O3S2/c1-31(28,29)17-8-7-14(11-15(17)21(22,23)24)20(18(27)26-19-25-9-10-30-19)12-16(20)13-5-3-2-4-6-13/h7-11,13,16H,2-6,12H2,1H3,(H,25,26,27)/t16-,20-/m0/s1. The zero-order valence-corrected chi connectivity index (χ0v) is 18.5. The molecule has 2 saturated carbocycles. The molecule has 2 aromatic rings. The molecule has 2 fully saturated rings. The highest BCUT2D eigenvalue weighted by atomic mass is 32.2.